The number of para-hydroxylation sites is 1. The highest BCUT2D eigenvalue weighted by Crippen LogP contribution is 2.43. The van der Waals surface area contributed by atoms with Crippen LogP contribution in [-0.2, 0) is 9.59 Å². The van der Waals surface area contributed by atoms with E-state index in [0.717, 1.165) is 19.6 Å². The molecule has 0 aromatic heterocycles. The Balaban J connectivity index is 2.13. The minimum atomic E-state index is -0.781. The van der Waals surface area contributed by atoms with Gasteiger partial charge in [-0.05, 0) is 55.9 Å². The zero-order valence-corrected chi connectivity index (χ0v) is 21.0. The third kappa shape index (κ3) is 5.27. The van der Waals surface area contributed by atoms with Crippen LogP contribution in [0.25, 0.3) is 5.76 Å². The molecule has 0 aliphatic carbocycles. The zero-order valence-electron chi connectivity index (χ0n) is 21.0. The molecule has 35 heavy (non-hydrogen) atoms. The number of hydrogen-bond donors (Lipinski definition) is 1. The second kappa shape index (κ2) is 11.8. The van der Waals surface area contributed by atoms with Crippen LogP contribution in [0.4, 0.5) is 0 Å². The lowest BCUT2D eigenvalue weighted by atomic mass is 9.94. The van der Waals surface area contributed by atoms with Crippen molar-refractivity contribution in [2.24, 2.45) is 0 Å². The van der Waals surface area contributed by atoms with Crippen molar-refractivity contribution in [3.05, 3.63) is 59.2 Å². The molecule has 0 spiro atoms. The molecule has 2 aromatic rings. The van der Waals surface area contributed by atoms with Gasteiger partial charge in [0.25, 0.3) is 11.7 Å². The Morgan fingerprint density at radius 1 is 0.943 bits per heavy atom. The Hall–Kier alpha value is -3.52. The van der Waals surface area contributed by atoms with E-state index in [1.807, 2.05) is 0 Å². The monoisotopic (exact) mass is 482 g/mol. The van der Waals surface area contributed by atoms with Gasteiger partial charge in [0.1, 0.15) is 11.5 Å². The fourth-order valence-electron chi connectivity index (χ4n) is 4.47. The van der Waals surface area contributed by atoms with Gasteiger partial charge in [0.2, 0.25) is 0 Å². The fraction of sp³-hybridized carbons (Fsp3) is 0.407. The molecule has 1 unspecified atom stereocenters. The first-order chi connectivity index (χ1) is 16.9. The molecule has 1 N–H and O–H groups in total. The number of Topliss-reactive ketones (excluding diaryl/α,β-unsaturated/α-hetero) is 1. The number of methoxy groups -OCH3 is 3. The Labute approximate surface area is 206 Å². The number of ketones is 1. The van der Waals surface area contributed by atoms with Crippen molar-refractivity contribution in [2.45, 2.75) is 26.3 Å². The van der Waals surface area contributed by atoms with Crippen molar-refractivity contribution in [3.63, 3.8) is 0 Å². The first kappa shape index (κ1) is 26.1. The summed E-state index contributed by atoms with van der Waals surface area (Å²) in [7, 11) is 4.56. The number of aliphatic hydroxyl groups excluding tert-OH is 1. The van der Waals surface area contributed by atoms with E-state index in [1.165, 1.54) is 19.1 Å². The molecule has 1 saturated heterocycles. The second-order valence-corrected chi connectivity index (χ2v) is 8.19. The lowest BCUT2D eigenvalue weighted by Crippen LogP contribution is -2.33. The van der Waals surface area contributed by atoms with E-state index in [2.05, 4.69) is 18.7 Å². The lowest BCUT2D eigenvalue weighted by Gasteiger charge is -2.27. The number of carbonyl (C=O) groups excluding carboxylic acids is 2. The van der Waals surface area contributed by atoms with Crippen LogP contribution in [0.5, 0.6) is 17.2 Å². The topological polar surface area (TPSA) is 88.5 Å². The van der Waals surface area contributed by atoms with Gasteiger partial charge in [-0.15, -0.1) is 0 Å². The Morgan fingerprint density at radius 3 is 2.23 bits per heavy atom. The van der Waals surface area contributed by atoms with Crippen LogP contribution in [-0.4, -0.2) is 74.1 Å². The molecule has 188 valence electrons. The average molecular weight is 483 g/mol. The quantitative estimate of drug-likeness (QED) is 0.296. The number of aliphatic hydroxyl groups is 1. The van der Waals surface area contributed by atoms with E-state index in [0.29, 0.717) is 41.3 Å². The maximum atomic E-state index is 13.3. The number of carbonyl (C=O) groups is 2. The van der Waals surface area contributed by atoms with E-state index >= 15 is 0 Å². The van der Waals surface area contributed by atoms with E-state index < -0.39 is 17.7 Å². The van der Waals surface area contributed by atoms with Gasteiger partial charge in [0.15, 0.2) is 11.5 Å². The first-order valence-corrected chi connectivity index (χ1v) is 11.8. The molecule has 1 amide bonds. The van der Waals surface area contributed by atoms with Crippen LogP contribution in [0.1, 0.15) is 37.4 Å². The molecule has 1 heterocycles. The van der Waals surface area contributed by atoms with Gasteiger partial charge < -0.3 is 29.1 Å². The highest BCUT2D eigenvalue weighted by Gasteiger charge is 2.46. The average Bonchev–Trinajstić information content (AvgIpc) is 3.15. The van der Waals surface area contributed by atoms with Crippen LogP contribution < -0.4 is 14.2 Å². The number of ether oxygens (including phenoxy) is 3. The smallest absolute Gasteiger partial charge is 0.295 e. The molecule has 2 aromatic carbocycles. The third-order valence-electron chi connectivity index (χ3n) is 6.39. The van der Waals surface area contributed by atoms with Gasteiger partial charge in [-0.25, -0.2) is 0 Å². The molecule has 8 nitrogen and oxygen atoms in total. The maximum absolute atomic E-state index is 13.3. The molecule has 8 heteroatoms. The van der Waals surface area contributed by atoms with Crippen molar-refractivity contribution >= 4 is 17.4 Å². The molecule has 1 aliphatic rings. The molecule has 0 radical (unpaired) electrons. The van der Waals surface area contributed by atoms with Crippen LogP contribution >= 0.6 is 0 Å². The predicted octanol–water partition coefficient (Wildman–Crippen LogP) is 3.87. The first-order valence-electron chi connectivity index (χ1n) is 11.8. The van der Waals surface area contributed by atoms with Crippen molar-refractivity contribution < 1.29 is 28.9 Å². The summed E-state index contributed by atoms with van der Waals surface area (Å²) in [5, 5.41) is 11.3. The Kier molecular flexibility index (Phi) is 8.76. The van der Waals surface area contributed by atoms with Gasteiger partial charge in [-0.2, -0.15) is 0 Å². The largest absolute Gasteiger partial charge is 0.507 e. The number of likely N-dealkylation sites (tertiary alicyclic amines) is 1. The molecule has 1 fully saturated rings. The van der Waals surface area contributed by atoms with Crippen molar-refractivity contribution in [2.75, 3.05) is 47.5 Å². The summed E-state index contributed by atoms with van der Waals surface area (Å²) < 4.78 is 16.2. The molecular formula is C27H34N2O6. The molecule has 1 aliphatic heterocycles. The second-order valence-electron chi connectivity index (χ2n) is 8.19. The van der Waals surface area contributed by atoms with Crippen LogP contribution in [0, 0.1) is 0 Å². The van der Waals surface area contributed by atoms with Gasteiger partial charge in [-0.3, -0.25) is 9.59 Å². The molecule has 3 rings (SSSR count). The normalized spacial score (nSPS) is 17.2. The van der Waals surface area contributed by atoms with Crippen molar-refractivity contribution in [3.8, 4) is 17.2 Å². The maximum Gasteiger partial charge on any atom is 0.295 e. The highest BCUT2D eigenvalue weighted by atomic mass is 16.5. The Bertz CT molecular complexity index is 1090. The van der Waals surface area contributed by atoms with E-state index in [9.17, 15) is 14.7 Å². The number of rotatable bonds is 11. The minimum absolute atomic E-state index is 0.0227. The zero-order chi connectivity index (χ0) is 25.5. The minimum Gasteiger partial charge on any atom is -0.507 e. The van der Waals surface area contributed by atoms with Crippen LogP contribution in [0.15, 0.2) is 48.0 Å². The summed E-state index contributed by atoms with van der Waals surface area (Å²) in [6, 6.07) is 11.3. The SMILES string of the molecule is CCN(CC)CCCN1C(=O)C(=O)/C(=C(/O)c2ccccc2OC)C1c1ccc(OC)c(OC)c1. The van der Waals surface area contributed by atoms with Gasteiger partial charge in [0.05, 0.1) is 38.5 Å². The lowest BCUT2D eigenvalue weighted by molar-refractivity contribution is -0.140. The van der Waals surface area contributed by atoms with Gasteiger partial charge >= 0.3 is 0 Å². The summed E-state index contributed by atoms with van der Waals surface area (Å²) >= 11 is 0. The highest BCUT2D eigenvalue weighted by molar-refractivity contribution is 6.46. The number of benzene rings is 2. The summed E-state index contributed by atoms with van der Waals surface area (Å²) in [5.74, 6) is -0.233. The summed E-state index contributed by atoms with van der Waals surface area (Å²) in [4.78, 5) is 30.3. The van der Waals surface area contributed by atoms with Crippen molar-refractivity contribution in [1.29, 1.82) is 0 Å². The van der Waals surface area contributed by atoms with Gasteiger partial charge in [-0.1, -0.05) is 32.0 Å². The van der Waals surface area contributed by atoms with E-state index in [4.69, 9.17) is 14.2 Å². The van der Waals surface area contributed by atoms with Crippen molar-refractivity contribution in [1.82, 2.24) is 9.80 Å². The summed E-state index contributed by atoms with van der Waals surface area (Å²) in [5.41, 5.74) is 1.01. The predicted molar refractivity (Wildman–Crippen MR) is 134 cm³/mol. The van der Waals surface area contributed by atoms with E-state index in [1.54, 1.807) is 49.6 Å². The molecular weight excluding hydrogens is 448 g/mol. The number of amides is 1. The van der Waals surface area contributed by atoms with E-state index in [-0.39, 0.29) is 11.3 Å². The summed E-state index contributed by atoms with van der Waals surface area (Å²) in [6.07, 6.45) is 0.688. The van der Waals surface area contributed by atoms with Crippen LogP contribution in [0.3, 0.4) is 0 Å². The third-order valence-corrected chi connectivity index (χ3v) is 6.39. The van der Waals surface area contributed by atoms with Gasteiger partial charge in [0, 0.05) is 6.54 Å². The number of hydrogen-bond acceptors (Lipinski definition) is 7. The molecule has 1 atom stereocenters. The summed E-state index contributed by atoms with van der Waals surface area (Å²) in [6.45, 7) is 7.15. The number of nitrogens with zero attached hydrogens (tertiary/aromatic N) is 2. The molecule has 0 saturated carbocycles. The molecule has 0 bridgehead atoms. The standard InChI is InChI=1S/C27H34N2O6/c1-6-28(7-2)15-10-16-29-24(18-13-14-21(34-4)22(17-18)35-5)23(26(31)27(29)32)25(30)19-11-8-9-12-20(19)33-3/h8-9,11-14,17,24,30H,6-7,10,15-16H2,1-5H3/b25-23+. The Morgan fingerprint density at radius 2 is 1.60 bits per heavy atom. The fourth-order valence-corrected chi connectivity index (χ4v) is 4.47. The van der Waals surface area contributed by atoms with Crippen LogP contribution in [0.2, 0.25) is 0 Å².